The first-order chi connectivity index (χ1) is 11.9. The number of nitrogens with zero attached hydrogens (tertiary/aromatic N) is 4. The molecule has 0 saturated carbocycles. The summed E-state index contributed by atoms with van der Waals surface area (Å²) < 4.78 is 0.823. The number of H-pyrrole nitrogens is 1. The van der Waals surface area contributed by atoms with Crippen molar-refractivity contribution in [2.75, 3.05) is 4.90 Å². The topological polar surface area (TPSA) is 124 Å². The molecule has 2 aromatic rings. The van der Waals surface area contributed by atoms with Crippen LogP contribution >= 0.6 is 15.9 Å². The quantitative estimate of drug-likeness (QED) is 0.642. The molecule has 1 heterocycles. The Balaban J connectivity index is 2.23. The number of halogens is 1. The van der Waals surface area contributed by atoms with Crippen molar-refractivity contribution in [3.05, 3.63) is 34.6 Å². The summed E-state index contributed by atoms with van der Waals surface area (Å²) in [5.41, 5.74) is 0.429. The van der Waals surface area contributed by atoms with Gasteiger partial charge in [-0.3, -0.25) is 9.69 Å². The molecule has 1 aromatic carbocycles. The van der Waals surface area contributed by atoms with Crippen molar-refractivity contribution in [3.63, 3.8) is 0 Å². The van der Waals surface area contributed by atoms with Crippen LogP contribution in [-0.2, 0) is 11.3 Å². The lowest BCUT2D eigenvalue weighted by Crippen LogP contribution is -2.50. The van der Waals surface area contributed by atoms with Crippen LogP contribution in [0.1, 0.15) is 26.1 Å². The van der Waals surface area contributed by atoms with Crippen molar-refractivity contribution in [1.29, 1.82) is 0 Å². The van der Waals surface area contributed by atoms with E-state index in [9.17, 15) is 14.7 Å². The highest BCUT2D eigenvalue weighted by Crippen LogP contribution is 2.24. The molecule has 0 aliphatic carbocycles. The average Bonchev–Trinajstić information content (AvgIpc) is 3.06. The molecule has 10 heteroatoms. The molecule has 3 N–H and O–H groups in total. The van der Waals surface area contributed by atoms with Crippen LogP contribution in [0.15, 0.2) is 28.7 Å². The minimum atomic E-state index is -1.19. The highest BCUT2D eigenvalue weighted by atomic mass is 79.9. The molecule has 9 nitrogen and oxygen atoms in total. The Morgan fingerprint density at radius 2 is 2.00 bits per heavy atom. The standard InChI is InChI=1S/C15H19BrN6O3/c1-9(2)7-12(14(23)17-8-13-18-20-21-19-13)22(15(24)25)11-5-3-10(16)4-6-11/h3-6,9,12H,7-8H2,1-2H3,(H,17,23)(H,24,25)(H,18,19,20,21)/t12-/m0/s1. The minimum absolute atomic E-state index is 0.0915. The predicted octanol–water partition coefficient (Wildman–Crippen LogP) is 2.18. The van der Waals surface area contributed by atoms with Gasteiger partial charge in [-0.15, -0.1) is 5.10 Å². The second kappa shape index (κ2) is 8.56. The molecule has 0 fully saturated rings. The molecule has 0 bridgehead atoms. The Hall–Kier alpha value is -2.49. The van der Waals surface area contributed by atoms with Crippen LogP contribution < -0.4 is 10.2 Å². The van der Waals surface area contributed by atoms with Crippen molar-refractivity contribution in [1.82, 2.24) is 25.9 Å². The fourth-order valence-electron chi connectivity index (χ4n) is 2.34. The van der Waals surface area contributed by atoms with Crippen molar-refractivity contribution >= 4 is 33.6 Å². The summed E-state index contributed by atoms with van der Waals surface area (Å²) in [6.07, 6.45) is -0.812. The van der Waals surface area contributed by atoms with Crippen molar-refractivity contribution in [2.24, 2.45) is 5.92 Å². The zero-order chi connectivity index (χ0) is 18.4. The molecular formula is C15H19BrN6O3. The second-order valence-electron chi connectivity index (χ2n) is 5.84. The predicted molar refractivity (Wildman–Crippen MR) is 93.9 cm³/mol. The van der Waals surface area contributed by atoms with E-state index in [0.717, 1.165) is 9.37 Å². The van der Waals surface area contributed by atoms with Crippen LogP contribution in [0.5, 0.6) is 0 Å². The molecule has 1 aromatic heterocycles. The number of amides is 2. The number of aromatic amines is 1. The van der Waals surface area contributed by atoms with E-state index in [-0.39, 0.29) is 12.5 Å². The van der Waals surface area contributed by atoms with Gasteiger partial charge in [0.2, 0.25) is 5.91 Å². The summed E-state index contributed by atoms with van der Waals surface area (Å²) in [4.78, 5) is 25.6. The summed E-state index contributed by atoms with van der Waals surface area (Å²) in [5.74, 6) is 0.109. The van der Waals surface area contributed by atoms with E-state index in [4.69, 9.17) is 0 Å². The van der Waals surface area contributed by atoms with Gasteiger partial charge in [0.1, 0.15) is 6.04 Å². The zero-order valence-electron chi connectivity index (χ0n) is 13.8. The fraction of sp³-hybridized carbons (Fsp3) is 0.400. The van der Waals surface area contributed by atoms with E-state index in [1.54, 1.807) is 24.3 Å². The Bertz CT molecular complexity index is 705. The van der Waals surface area contributed by atoms with Crippen LogP contribution in [0.3, 0.4) is 0 Å². The Labute approximate surface area is 152 Å². The van der Waals surface area contributed by atoms with Crippen LogP contribution in [0, 0.1) is 5.92 Å². The molecule has 134 valence electrons. The molecule has 0 saturated heterocycles. The number of carbonyl (C=O) groups is 2. The molecule has 1 atom stereocenters. The van der Waals surface area contributed by atoms with Crippen LogP contribution in [0.4, 0.5) is 10.5 Å². The van der Waals surface area contributed by atoms with Gasteiger partial charge >= 0.3 is 6.09 Å². The van der Waals surface area contributed by atoms with E-state index in [2.05, 4.69) is 41.9 Å². The zero-order valence-corrected chi connectivity index (χ0v) is 15.4. The number of hydrogen-bond donors (Lipinski definition) is 3. The fourth-order valence-corrected chi connectivity index (χ4v) is 2.61. The summed E-state index contributed by atoms with van der Waals surface area (Å²) in [6.45, 7) is 3.96. The molecule has 0 spiro atoms. The lowest BCUT2D eigenvalue weighted by Gasteiger charge is -2.29. The van der Waals surface area contributed by atoms with E-state index in [1.165, 1.54) is 0 Å². The number of hydrogen-bond acceptors (Lipinski definition) is 5. The number of tetrazole rings is 1. The summed E-state index contributed by atoms with van der Waals surface area (Å²) in [6, 6.07) is 5.90. The van der Waals surface area contributed by atoms with Crippen molar-refractivity contribution in [2.45, 2.75) is 32.9 Å². The van der Waals surface area contributed by atoms with Crippen LogP contribution in [-0.4, -0.2) is 43.8 Å². The minimum Gasteiger partial charge on any atom is -0.465 e. The second-order valence-corrected chi connectivity index (χ2v) is 6.76. The molecule has 0 aliphatic heterocycles. The number of benzene rings is 1. The number of carbonyl (C=O) groups excluding carboxylic acids is 1. The van der Waals surface area contributed by atoms with Gasteiger partial charge in [0.05, 0.1) is 6.54 Å². The summed E-state index contributed by atoms with van der Waals surface area (Å²) >= 11 is 3.32. The lowest BCUT2D eigenvalue weighted by molar-refractivity contribution is -0.122. The van der Waals surface area contributed by atoms with E-state index < -0.39 is 18.0 Å². The first kappa shape index (κ1) is 18.8. The third-order valence-corrected chi connectivity index (χ3v) is 3.97. The number of carboxylic acid groups (broad SMARTS) is 1. The first-order valence-electron chi connectivity index (χ1n) is 7.66. The number of aromatic nitrogens is 4. The molecule has 2 rings (SSSR count). The SMILES string of the molecule is CC(C)C[C@@H](C(=O)NCc1nnn[nH]1)N(C(=O)O)c1ccc(Br)cc1. The van der Waals surface area contributed by atoms with E-state index in [1.807, 2.05) is 13.8 Å². The van der Waals surface area contributed by atoms with Crippen molar-refractivity contribution < 1.29 is 14.7 Å². The smallest absolute Gasteiger partial charge is 0.412 e. The van der Waals surface area contributed by atoms with Gasteiger partial charge in [-0.05, 0) is 47.0 Å². The summed E-state index contributed by atoms with van der Waals surface area (Å²) in [5, 5.41) is 25.4. The number of nitrogens with one attached hydrogen (secondary N) is 2. The van der Waals surface area contributed by atoms with Gasteiger partial charge in [0, 0.05) is 10.2 Å². The number of rotatable bonds is 7. The van der Waals surface area contributed by atoms with Gasteiger partial charge in [-0.1, -0.05) is 29.8 Å². The monoisotopic (exact) mass is 410 g/mol. The Kier molecular flexibility index (Phi) is 6.45. The lowest BCUT2D eigenvalue weighted by atomic mass is 10.0. The van der Waals surface area contributed by atoms with Crippen LogP contribution in [0.25, 0.3) is 0 Å². The maximum atomic E-state index is 12.7. The molecular weight excluding hydrogens is 392 g/mol. The average molecular weight is 411 g/mol. The van der Waals surface area contributed by atoms with Gasteiger partial charge in [-0.25, -0.2) is 9.89 Å². The maximum absolute atomic E-state index is 12.7. The normalized spacial score (nSPS) is 12.0. The molecule has 0 unspecified atom stereocenters. The molecule has 0 radical (unpaired) electrons. The maximum Gasteiger partial charge on any atom is 0.412 e. The first-order valence-corrected chi connectivity index (χ1v) is 8.45. The van der Waals surface area contributed by atoms with Gasteiger partial charge in [0.15, 0.2) is 5.82 Å². The highest BCUT2D eigenvalue weighted by molar-refractivity contribution is 9.10. The van der Waals surface area contributed by atoms with Gasteiger partial charge in [-0.2, -0.15) is 0 Å². The molecule has 0 aliphatic rings. The molecule has 2 amide bonds. The highest BCUT2D eigenvalue weighted by Gasteiger charge is 2.31. The van der Waals surface area contributed by atoms with E-state index >= 15 is 0 Å². The third-order valence-electron chi connectivity index (χ3n) is 3.44. The Morgan fingerprint density at radius 1 is 1.32 bits per heavy atom. The summed E-state index contributed by atoms with van der Waals surface area (Å²) in [7, 11) is 0. The van der Waals surface area contributed by atoms with Gasteiger partial charge < -0.3 is 10.4 Å². The van der Waals surface area contributed by atoms with Crippen LogP contribution in [0.2, 0.25) is 0 Å². The largest absolute Gasteiger partial charge is 0.465 e. The Morgan fingerprint density at radius 3 is 2.52 bits per heavy atom. The van der Waals surface area contributed by atoms with Crippen molar-refractivity contribution in [3.8, 4) is 0 Å². The number of anilines is 1. The van der Waals surface area contributed by atoms with E-state index in [0.29, 0.717) is 17.9 Å². The molecule has 25 heavy (non-hydrogen) atoms. The third kappa shape index (κ3) is 5.24. The van der Waals surface area contributed by atoms with Gasteiger partial charge in [0.25, 0.3) is 0 Å².